The maximum Gasteiger partial charge on any atom is 0.325 e. The van der Waals surface area contributed by atoms with Crippen molar-refractivity contribution in [2.45, 2.75) is 38.8 Å². The van der Waals surface area contributed by atoms with Crippen LogP contribution in [0.15, 0.2) is 30.3 Å². The molecule has 0 unspecified atom stereocenters. The quantitative estimate of drug-likeness (QED) is 0.829. The second kappa shape index (κ2) is 4.80. The van der Waals surface area contributed by atoms with E-state index in [2.05, 4.69) is 5.32 Å². The van der Waals surface area contributed by atoms with E-state index < -0.39 is 5.54 Å². The third-order valence-electron chi connectivity index (χ3n) is 3.28. The first kappa shape index (κ1) is 12.6. The Kier molecular flexibility index (Phi) is 3.36. The molecule has 4 nitrogen and oxygen atoms in total. The van der Waals surface area contributed by atoms with Crippen LogP contribution >= 0.6 is 0 Å². The molecule has 0 bridgehead atoms. The lowest BCUT2D eigenvalue weighted by Crippen LogP contribution is -2.43. The predicted octanol–water partition coefficient (Wildman–Crippen LogP) is 2.30. The smallest absolute Gasteiger partial charge is 0.323 e. The SMILES string of the molecule is CCC[C@@]1(C)NC(=O)N(Cc2ccccc2)C1=O. The van der Waals surface area contributed by atoms with E-state index in [1.165, 1.54) is 4.90 Å². The maximum atomic E-state index is 12.3. The van der Waals surface area contributed by atoms with Gasteiger partial charge in [0.15, 0.2) is 0 Å². The van der Waals surface area contributed by atoms with Gasteiger partial charge < -0.3 is 5.32 Å². The minimum absolute atomic E-state index is 0.127. The number of carbonyl (C=O) groups is 2. The zero-order valence-corrected chi connectivity index (χ0v) is 10.8. The summed E-state index contributed by atoms with van der Waals surface area (Å²) >= 11 is 0. The predicted molar refractivity (Wildman–Crippen MR) is 68.8 cm³/mol. The van der Waals surface area contributed by atoms with Crippen molar-refractivity contribution >= 4 is 11.9 Å². The summed E-state index contributed by atoms with van der Waals surface area (Å²) in [5.41, 5.74) is 0.224. The van der Waals surface area contributed by atoms with Crippen molar-refractivity contribution in [3.05, 3.63) is 35.9 Å². The number of nitrogens with zero attached hydrogens (tertiary/aromatic N) is 1. The zero-order valence-electron chi connectivity index (χ0n) is 10.8. The van der Waals surface area contributed by atoms with Gasteiger partial charge in [0, 0.05) is 0 Å². The Balaban J connectivity index is 2.15. The first-order chi connectivity index (χ1) is 8.57. The van der Waals surface area contributed by atoms with E-state index >= 15 is 0 Å². The van der Waals surface area contributed by atoms with Crippen LogP contribution in [0.1, 0.15) is 32.3 Å². The van der Waals surface area contributed by atoms with Gasteiger partial charge in [-0.25, -0.2) is 4.79 Å². The average Bonchev–Trinajstić information content (AvgIpc) is 2.55. The molecule has 1 heterocycles. The Morgan fingerprint density at radius 3 is 2.50 bits per heavy atom. The largest absolute Gasteiger partial charge is 0.325 e. The fourth-order valence-corrected chi connectivity index (χ4v) is 2.33. The van der Waals surface area contributed by atoms with Crippen LogP contribution in [0.5, 0.6) is 0 Å². The van der Waals surface area contributed by atoms with Crippen molar-refractivity contribution in [3.8, 4) is 0 Å². The molecule has 0 aromatic heterocycles. The number of rotatable bonds is 4. The molecule has 0 aliphatic carbocycles. The molecule has 1 atom stereocenters. The van der Waals surface area contributed by atoms with Crippen LogP contribution in [-0.2, 0) is 11.3 Å². The standard InChI is InChI=1S/C14H18N2O2/c1-3-9-14(2)12(17)16(13(18)15-14)10-11-7-5-4-6-8-11/h4-8H,3,9-10H2,1-2H3,(H,15,18)/t14-/m1/s1. The number of carbonyl (C=O) groups excluding carboxylic acids is 2. The lowest BCUT2D eigenvalue weighted by Gasteiger charge is -2.20. The molecule has 4 heteroatoms. The summed E-state index contributed by atoms with van der Waals surface area (Å²) < 4.78 is 0. The van der Waals surface area contributed by atoms with Gasteiger partial charge in [-0.05, 0) is 18.9 Å². The minimum Gasteiger partial charge on any atom is -0.323 e. The summed E-state index contributed by atoms with van der Waals surface area (Å²) in [6, 6.07) is 9.25. The van der Waals surface area contributed by atoms with Crippen LogP contribution in [-0.4, -0.2) is 22.4 Å². The Hall–Kier alpha value is -1.84. The lowest BCUT2D eigenvalue weighted by molar-refractivity contribution is -0.131. The van der Waals surface area contributed by atoms with Crippen molar-refractivity contribution in [2.75, 3.05) is 0 Å². The second-order valence-corrected chi connectivity index (χ2v) is 4.89. The molecule has 0 spiro atoms. The zero-order chi connectivity index (χ0) is 13.2. The van der Waals surface area contributed by atoms with Gasteiger partial charge in [0.2, 0.25) is 0 Å². The van der Waals surface area contributed by atoms with E-state index in [4.69, 9.17) is 0 Å². The van der Waals surface area contributed by atoms with E-state index in [1.54, 1.807) is 6.92 Å². The van der Waals surface area contributed by atoms with E-state index in [0.717, 1.165) is 12.0 Å². The lowest BCUT2D eigenvalue weighted by atomic mass is 9.96. The van der Waals surface area contributed by atoms with Crippen molar-refractivity contribution < 1.29 is 9.59 Å². The summed E-state index contributed by atoms with van der Waals surface area (Å²) in [5.74, 6) is -0.127. The highest BCUT2D eigenvalue weighted by molar-refractivity contribution is 6.06. The van der Waals surface area contributed by atoms with E-state index in [-0.39, 0.29) is 11.9 Å². The Labute approximate surface area is 107 Å². The van der Waals surface area contributed by atoms with Gasteiger partial charge >= 0.3 is 6.03 Å². The number of hydrogen-bond donors (Lipinski definition) is 1. The number of hydrogen-bond acceptors (Lipinski definition) is 2. The van der Waals surface area contributed by atoms with Gasteiger partial charge in [-0.2, -0.15) is 0 Å². The van der Waals surface area contributed by atoms with E-state index in [1.807, 2.05) is 37.3 Å². The van der Waals surface area contributed by atoms with Crippen molar-refractivity contribution in [1.29, 1.82) is 0 Å². The topological polar surface area (TPSA) is 49.4 Å². The van der Waals surface area contributed by atoms with Crippen LogP contribution in [0.4, 0.5) is 4.79 Å². The molecule has 0 radical (unpaired) electrons. The molecule has 0 saturated carbocycles. The summed E-state index contributed by atoms with van der Waals surface area (Å²) in [6.45, 7) is 4.14. The van der Waals surface area contributed by atoms with E-state index in [9.17, 15) is 9.59 Å². The third kappa shape index (κ3) is 2.23. The number of imide groups is 1. The highest BCUT2D eigenvalue weighted by atomic mass is 16.2. The van der Waals surface area contributed by atoms with Crippen LogP contribution in [0, 0.1) is 0 Å². The first-order valence-corrected chi connectivity index (χ1v) is 6.25. The molecule has 1 aromatic carbocycles. The van der Waals surface area contributed by atoms with Gasteiger partial charge in [-0.1, -0.05) is 43.7 Å². The molecule has 3 amide bonds. The summed E-state index contributed by atoms with van der Waals surface area (Å²) in [6.07, 6.45) is 1.53. The van der Waals surface area contributed by atoms with Crippen LogP contribution < -0.4 is 5.32 Å². The Morgan fingerprint density at radius 2 is 1.89 bits per heavy atom. The summed E-state index contributed by atoms with van der Waals surface area (Å²) in [5, 5.41) is 2.79. The monoisotopic (exact) mass is 246 g/mol. The van der Waals surface area contributed by atoms with Crippen molar-refractivity contribution in [1.82, 2.24) is 10.2 Å². The second-order valence-electron chi connectivity index (χ2n) is 4.89. The fourth-order valence-electron chi connectivity index (χ4n) is 2.33. The van der Waals surface area contributed by atoms with Crippen molar-refractivity contribution in [2.24, 2.45) is 0 Å². The minimum atomic E-state index is -0.736. The van der Waals surface area contributed by atoms with Gasteiger partial charge in [0.05, 0.1) is 6.54 Å². The molecule has 18 heavy (non-hydrogen) atoms. The van der Waals surface area contributed by atoms with Gasteiger partial charge in [-0.15, -0.1) is 0 Å². The number of urea groups is 1. The van der Waals surface area contributed by atoms with Gasteiger partial charge in [-0.3, -0.25) is 9.69 Å². The summed E-state index contributed by atoms with van der Waals surface area (Å²) in [4.78, 5) is 25.4. The Morgan fingerprint density at radius 1 is 1.22 bits per heavy atom. The molecular weight excluding hydrogens is 228 g/mol. The molecular formula is C14H18N2O2. The highest BCUT2D eigenvalue weighted by Gasteiger charge is 2.46. The molecule has 1 aliphatic rings. The molecule has 96 valence electrons. The van der Waals surface area contributed by atoms with Crippen LogP contribution in [0.2, 0.25) is 0 Å². The van der Waals surface area contributed by atoms with Crippen LogP contribution in [0.3, 0.4) is 0 Å². The average molecular weight is 246 g/mol. The number of nitrogens with one attached hydrogen (secondary N) is 1. The normalized spacial score (nSPS) is 23.3. The highest BCUT2D eigenvalue weighted by Crippen LogP contribution is 2.23. The molecule has 1 aliphatic heterocycles. The fraction of sp³-hybridized carbons (Fsp3) is 0.429. The molecule has 1 fully saturated rings. The maximum absolute atomic E-state index is 12.3. The third-order valence-corrected chi connectivity index (χ3v) is 3.28. The Bertz CT molecular complexity index is 458. The molecule has 1 N–H and O–H groups in total. The number of benzene rings is 1. The van der Waals surface area contributed by atoms with Gasteiger partial charge in [0.25, 0.3) is 5.91 Å². The van der Waals surface area contributed by atoms with Crippen molar-refractivity contribution in [3.63, 3.8) is 0 Å². The summed E-state index contributed by atoms with van der Waals surface area (Å²) in [7, 11) is 0. The molecule has 1 aromatic rings. The molecule has 1 saturated heterocycles. The molecule has 2 rings (SSSR count). The van der Waals surface area contributed by atoms with Crippen LogP contribution in [0.25, 0.3) is 0 Å². The first-order valence-electron chi connectivity index (χ1n) is 6.25. The van der Waals surface area contributed by atoms with Gasteiger partial charge in [0.1, 0.15) is 5.54 Å². The number of amides is 3. The van der Waals surface area contributed by atoms with E-state index in [0.29, 0.717) is 13.0 Å².